The van der Waals surface area contributed by atoms with Gasteiger partial charge in [0.2, 0.25) is 5.91 Å². The van der Waals surface area contributed by atoms with Gasteiger partial charge in [0, 0.05) is 30.8 Å². The van der Waals surface area contributed by atoms with Gasteiger partial charge in [0.05, 0.1) is 0 Å². The van der Waals surface area contributed by atoms with Gasteiger partial charge in [0.15, 0.2) is 6.61 Å². The van der Waals surface area contributed by atoms with E-state index in [1.807, 2.05) is 23.1 Å². The number of carbonyl (C=O) groups excluding carboxylic acids is 2. The Bertz CT molecular complexity index is 561. The van der Waals surface area contributed by atoms with Gasteiger partial charge in [0.25, 0.3) is 5.91 Å². The van der Waals surface area contributed by atoms with Crippen molar-refractivity contribution in [3.05, 3.63) is 24.3 Å². The van der Waals surface area contributed by atoms with Crippen LogP contribution in [0.2, 0.25) is 0 Å². The molecule has 1 N–H and O–H groups in total. The van der Waals surface area contributed by atoms with E-state index in [1.54, 1.807) is 6.07 Å². The molecule has 0 aromatic heterocycles. The zero-order chi connectivity index (χ0) is 16.1. The van der Waals surface area contributed by atoms with Gasteiger partial charge < -0.3 is 15.0 Å². The third-order valence-electron chi connectivity index (χ3n) is 4.65. The fraction of sp³-hybridized carbons (Fsp3) is 0.556. The molecule has 2 fully saturated rings. The second-order valence-corrected chi connectivity index (χ2v) is 6.38. The molecule has 0 atom stereocenters. The molecule has 0 radical (unpaired) electrons. The number of benzene rings is 1. The molecule has 1 aliphatic carbocycles. The van der Waals surface area contributed by atoms with Crippen molar-refractivity contribution in [2.45, 2.75) is 38.5 Å². The molecule has 1 aliphatic heterocycles. The molecule has 1 heterocycles. The number of ether oxygens (including phenoxy) is 1. The van der Waals surface area contributed by atoms with Crippen LogP contribution >= 0.6 is 0 Å². The van der Waals surface area contributed by atoms with Crippen LogP contribution in [-0.4, -0.2) is 36.4 Å². The Hall–Kier alpha value is -2.04. The molecule has 0 spiro atoms. The Labute approximate surface area is 137 Å². The third-order valence-corrected chi connectivity index (χ3v) is 4.65. The standard InChI is InChI=1S/C18H24N2O3/c21-17(20-10-3-4-11-20)13-23-16-9-5-8-15(12-16)19-18(22)14-6-1-2-7-14/h5,8-9,12,14H,1-4,6-7,10-11,13H2,(H,19,22). The summed E-state index contributed by atoms with van der Waals surface area (Å²) in [7, 11) is 0. The molecule has 1 aromatic carbocycles. The number of nitrogens with zero attached hydrogens (tertiary/aromatic N) is 1. The maximum atomic E-state index is 12.2. The molecule has 5 nitrogen and oxygen atoms in total. The SMILES string of the molecule is O=C(Nc1cccc(OCC(=O)N2CCCC2)c1)C1CCCC1. The van der Waals surface area contributed by atoms with E-state index >= 15 is 0 Å². The van der Waals surface area contributed by atoms with E-state index in [2.05, 4.69) is 5.32 Å². The minimum absolute atomic E-state index is 0.0305. The third kappa shape index (κ3) is 4.24. The molecule has 2 amide bonds. The Morgan fingerprint density at radius 3 is 2.61 bits per heavy atom. The number of hydrogen-bond acceptors (Lipinski definition) is 3. The summed E-state index contributed by atoms with van der Waals surface area (Å²) < 4.78 is 5.59. The van der Waals surface area contributed by atoms with E-state index < -0.39 is 0 Å². The lowest BCUT2D eigenvalue weighted by molar-refractivity contribution is -0.132. The summed E-state index contributed by atoms with van der Waals surface area (Å²) in [5, 5.41) is 2.95. The maximum Gasteiger partial charge on any atom is 0.260 e. The predicted octanol–water partition coefficient (Wildman–Crippen LogP) is 2.82. The van der Waals surface area contributed by atoms with Crippen molar-refractivity contribution in [3.63, 3.8) is 0 Å². The van der Waals surface area contributed by atoms with E-state index in [1.165, 1.54) is 0 Å². The minimum atomic E-state index is 0.0305. The second-order valence-electron chi connectivity index (χ2n) is 6.38. The van der Waals surface area contributed by atoms with Gasteiger partial charge in [-0.3, -0.25) is 9.59 Å². The first kappa shape index (κ1) is 15.8. The monoisotopic (exact) mass is 316 g/mol. The van der Waals surface area contributed by atoms with E-state index in [0.29, 0.717) is 5.75 Å². The van der Waals surface area contributed by atoms with Crippen molar-refractivity contribution in [3.8, 4) is 5.75 Å². The van der Waals surface area contributed by atoms with Gasteiger partial charge in [-0.25, -0.2) is 0 Å². The second kappa shape index (κ2) is 7.49. The zero-order valence-electron chi connectivity index (χ0n) is 13.4. The molecule has 124 valence electrons. The van der Waals surface area contributed by atoms with Crippen molar-refractivity contribution in [1.29, 1.82) is 0 Å². The minimum Gasteiger partial charge on any atom is -0.484 e. The van der Waals surface area contributed by atoms with Crippen LogP contribution in [0.4, 0.5) is 5.69 Å². The molecular weight excluding hydrogens is 292 g/mol. The first-order chi connectivity index (χ1) is 11.2. The highest BCUT2D eigenvalue weighted by Crippen LogP contribution is 2.26. The molecule has 5 heteroatoms. The molecule has 23 heavy (non-hydrogen) atoms. The van der Waals surface area contributed by atoms with Crippen LogP contribution in [0.25, 0.3) is 0 Å². The fourth-order valence-electron chi connectivity index (χ4n) is 3.30. The average Bonchev–Trinajstić information content (AvgIpc) is 3.25. The quantitative estimate of drug-likeness (QED) is 0.909. The molecule has 3 rings (SSSR count). The highest BCUT2D eigenvalue weighted by Gasteiger charge is 2.22. The van der Waals surface area contributed by atoms with Crippen molar-refractivity contribution in [2.24, 2.45) is 5.92 Å². The van der Waals surface area contributed by atoms with Crippen molar-refractivity contribution in [1.82, 2.24) is 4.90 Å². The number of likely N-dealkylation sites (tertiary alicyclic amines) is 1. The maximum absolute atomic E-state index is 12.2. The molecule has 1 aromatic rings. The molecule has 1 saturated heterocycles. The molecular formula is C18H24N2O3. The van der Waals surface area contributed by atoms with Gasteiger partial charge in [-0.15, -0.1) is 0 Å². The Morgan fingerprint density at radius 2 is 1.87 bits per heavy atom. The average molecular weight is 316 g/mol. The highest BCUT2D eigenvalue weighted by molar-refractivity contribution is 5.92. The number of nitrogens with one attached hydrogen (secondary N) is 1. The van der Waals surface area contributed by atoms with Crippen LogP contribution < -0.4 is 10.1 Å². The lowest BCUT2D eigenvalue weighted by Crippen LogP contribution is -2.32. The van der Waals surface area contributed by atoms with Gasteiger partial charge in [-0.2, -0.15) is 0 Å². The summed E-state index contributed by atoms with van der Waals surface area (Å²) in [5.74, 6) is 0.869. The van der Waals surface area contributed by atoms with Crippen molar-refractivity contribution in [2.75, 3.05) is 25.0 Å². The van der Waals surface area contributed by atoms with Crippen LogP contribution in [0.3, 0.4) is 0 Å². The number of anilines is 1. The van der Waals surface area contributed by atoms with Gasteiger partial charge in [-0.05, 0) is 37.8 Å². The van der Waals surface area contributed by atoms with Gasteiger partial charge in [0.1, 0.15) is 5.75 Å². The summed E-state index contributed by atoms with van der Waals surface area (Å²) >= 11 is 0. The van der Waals surface area contributed by atoms with E-state index in [9.17, 15) is 9.59 Å². The largest absolute Gasteiger partial charge is 0.484 e. The highest BCUT2D eigenvalue weighted by atomic mass is 16.5. The first-order valence-corrected chi connectivity index (χ1v) is 8.54. The van der Waals surface area contributed by atoms with Crippen LogP contribution in [0, 0.1) is 5.92 Å². The summed E-state index contributed by atoms with van der Waals surface area (Å²) in [6, 6.07) is 7.27. The lowest BCUT2D eigenvalue weighted by Gasteiger charge is -2.16. The number of carbonyl (C=O) groups is 2. The normalized spacial score (nSPS) is 18.2. The van der Waals surface area contributed by atoms with E-state index in [4.69, 9.17) is 4.74 Å². The topological polar surface area (TPSA) is 58.6 Å². The van der Waals surface area contributed by atoms with E-state index in [0.717, 1.165) is 57.3 Å². The smallest absolute Gasteiger partial charge is 0.260 e. The molecule has 1 saturated carbocycles. The summed E-state index contributed by atoms with van der Waals surface area (Å²) in [6.07, 6.45) is 6.39. The van der Waals surface area contributed by atoms with E-state index in [-0.39, 0.29) is 24.3 Å². The molecule has 0 bridgehead atoms. The first-order valence-electron chi connectivity index (χ1n) is 8.54. The summed E-state index contributed by atoms with van der Waals surface area (Å²) in [5.41, 5.74) is 0.730. The van der Waals surface area contributed by atoms with Crippen molar-refractivity contribution >= 4 is 17.5 Å². The molecule has 2 aliphatic rings. The van der Waals surface area contributed by atoms with Crippen LogP contribution in [0.5, 0.6) is 5.75 Å². The van der Waals surface area contributed by atoms with Crippen LogP contribution in [-0.2, 0) is 9.59 Å². The summed E-state index contributed by atoms with van der Waals surface area (Å²) in [6.45, 7) is 1.72. The van der Waals surface area contributed by atoms with Crippen molar-refractivity contribution < 1.29 is 14.3 Å². The number of rotatable bonds is 5. The van der Waals surface area contributed by atoms with Gasteiger partial charge in [-0.1, -0.05) is 18.9 Å². The van der Waals surface area contributed by atoms with Gasteiger partial charge >= 0.3 is 0 Å². The van der Waals surface area contributed by atoms with Crippen LogP contribution in [0.1, 0.15) is 38.5 Å². The number of hydrogen-bond donors (Lipinski definition) is 1. The Kier molecular flexibility index (Phi) is 5.16. The Morgan fingerprint density at radius 1 is 1.13 bits per heavy atom. The predicted molar refractivity (Wildman–Crippen MR) is 88.3 cm³/mol. The summed E-state index contributed by atoms with van der Waals surface area (Å²) in [4.78, 5) is 26.0. The number of amides is 2. The molecule has 0 unspecified atom stereocenters. The zero-order valence-corrected chi connectivity index (χ0v) is 13.4. The van der Waals surface area contributed by atoms with Crippen LogP contribution in [0.15, 0.2) is 24.3 Å². The fourth-order valence-corrected chi connectivity index (χ4v) is 3.30. The Balaban J connectivity index is 1.52. The lowest BCUT2D eigenvalue weighted by atomic mass is 10.1.